The van der Waals surface area contributed by atoms with E-state index >= 15 is 0 Å². The second-order valence-corrected chi connectivity index (χ2v) is 11.4. The molecule has 6 nitrogen and oxygen atoms in total. The SMILES string of the molecule is CCC1(O)CC(c2nc(-c3ccc(Cc4cc(F)cc(CC/C(C)=C/N=C(C)C)c4)cc3)c3c(N)nccn23)C1. The van der Waals surface area contributed by atoms with E-state index in [2.05, 4.69) is 35.1 Å². The molecule has 1 aliphatic rings. The van der Waals surface area contributed by atoms with Crippen LogP contribution in [0.2, 0.25) is 0 Å². The summed E-state index contributed by atoms with van der Waals surface area (Å²) in [5.41, 5.74) is 13.4. The van der Waals surface area contributed by atoms with E-state index in [4.69, 9.17) is 10.7 Å². The summed E-state index contributed by atoms with van der Waals surface area (Å²) in [6.45, 7) is 8.02. The van der Waals surface area contributed by atoms with Gasteiger partial charge in [-0.1, -0.05) is 42.8 Å². The molecule has 0 amide bonds. The molecule has 1 saturated carbocycles. The fourth-order valence-corrected chi connectivity index (χ4v) is 5.53. The normalized spacial score (nSPS) is 19.1. The molecule has 4 aromatic rings. The van der Waals surface area contributed by atoms with Gasteiger partial charge in [0.2, 0.25) is 0 Å². The van der Waals surface area contributed by atoms with E-state index in [0.29, 0.717) is 25.1 Å². The topological polar surface area (TPSA) is 88.8 Å². The zero-order valence-electron chi connectivity index (χ0n) is 23.8. The first-order valence-electron chi connectivity index (χ1n) is 14.0. The van der Waals surface area contributed by atoms with Gasteiger partial charge in [0.25, 0.3) is 0 Å². The van der Waals surface area contributed by atoms with Gasteiger partial charge < -0.3 is 10.8 Å². The number of rotatable bonds is 9. The molecule has 2 aromatic heterocycles. The van der Waals surface area contributed by atoms with E-state index in [1.807, 2.05) is 49.7 Å². The van der Waals surface area contributed by atoms with Gasteiger partial charge in [-0.2, -0.15) is 0 Å². The maximum atomic E-state index is 14.5. The number of hydrogen-bond acceptors (Lipinski definition) is 5. The number of imidazole rings is 1. The van der Waals surface area contributed by atoms with Crippen LogP contribution in [0.15, 0.2) is 71.6 Å². The number of aliphatic imine (C=N–C) groups is 1. The largest absolute Gasteiger partial charge is 0.390 e. The number of nitrogen functional groups attached to an aromatic ring is 1. The van der Waals surface area contributed by atoms with Crippen molar-refractivity contribution < 1.29 is 9.50 Å². The van der Waals surface area contributed by atoms with Crippen LogP contribution in [0.25, 0.3) is 16.8 Å². The summed E-state index contributed by atoms with van der Waals surface area (Å²) in [6, 6.07) is 13.5. The number of allylic oxidation sites excluding steroid dienone is 1. The summed E-state index contributed by atoms with van der Waals surface area (Å²) in [5, 5.41) is 10.6. The van der Waals surface area contributed by atoms with Crippen LogP contribution in [-0.2, 0) is 12.8 Å². The molecule has 40 heavy (non-hydrogen) atoms. The number of aromatic nitrogens is 3. The van der Waals surface area contributed by atoms with Gasteiger partial charge in [0.15, 0.2) is 0 Å². The van der Waals surface area contributed by atoms with Crippen molar-refractivity contribution in [2.75, 3.05) is 5.73 Å². The van der Waals surface area contributed by atoms with Crippen LogP contribution in [0.3, 0.4) is 0 Å². The maximum Gasteiger partial charge on any atom is 0.150 e. The Labute approximate surface area is 235 Å². The highest BCUT2D eigenvalue weighted by atomic mass is 19.1. The minimum Gasteiger partial charge on any atom is -0.390 e. The minimum atomic E-state index is -0.605. The molecule has 3 N–H and O–H groups in total. The molecule has 208 valence electrons. The average Bonchev–Trinajstić information content (AvgIpc) is 3.29. The van der Waals surface area contributed by atoms with Crippen LogP contribution in [0.5, 0.6) is 0 Å². The molecule has 2 heterocycles. The third-order valence-corrected chi connectivity index (χ3v) is 7.89. The van der Waals surface area contributed by atoms with E-state index in [0.717, 1.165) is 64.3 Å². The van der Waals surface area contributed by atoms with Gasteiger partial charge in [-0.3, -0.25) is 9.39 Å². The number of hydrogen-bond donors (Lipinski definition) is 2. The summed E-state index contributed by atoms with van der Waals surface area (Å²) < 4.78 is 16.5. The summed E-state index contributed by atoms with van der Waals surface area (Å²) in [4.78, 5) is 13.7. The lowest BCUT2D eigenvalue weighted by Crippen LogP contribution is -2.42. The summed E-state index contributed by atoms with van der Waals surface area (Å²) in [7, 11) is 0. The first-order valence-corrected chi connectivity index (χ1v) is 14.0. The molecule has 0 bridgehead atoms. The Morgan fingerprint density at radius 3 is 2.55 bits per heavy atom. The number of aliphatic hydroxyl groups is 1. The molecular formula is C33H38FN5O. The van der Waals surface area contributed by atoms with Crippen molar-refractivity contribution in [3.63, 3.8) is 0 Å². The van der Waals surface area contributed by atoms with E-state index in [-0.39, 0.29) is 11.7 Å². The molecule has 0 radical (unpaired) electrons. The van der Waals surface area contributed by atoms with Gasteiger partial charge in [-0.15, -0.1) is 0 Å². The molecule has 7 heteroatoms. The number of fused-ring (bicyclic) bond motifs is 1. The molecule has 5 rings (SSSR count). The first-order chi connectivity index (χ1) is 19.1. The predicted octanol–water partition coefficient (Wildman–Crippen LogP) is 7.04. The van der Waals surface area contributed by atoms with Crippen molar-refractivity contribution in [2.45, 2.75) is 77.7 Å². The molecule has 2 aromatic carbocycles. The van der Waals surface area contributed by atoms with Gasteiger partial charge in [0.05, 0.1) is 5.60 Å². The second kappa shape index (κ2) is 11.3. The molecule has 0 spiro atoms. The lowest BCUT2D eigenvalue weighted by Gasteiger charge is -2.42. The average molecular weight is 540 g/mol. The Bertz CT molecular complexity index is 1570. The van der Waals surface area contributed by atoms with Crippen molar-refractivity contribution in [1.82, 2.24) is 14.4 Å². The van der Waals surface area contributed by atoms with Crippen molar-refractivity contribution in [2.24, 2.45) is 4.99 Å². The lowest BCUT2D eigenvalue weighted by molar-refractivity contribution is -0.0536. The van der Waals surface area contributed by atoms with Crippen LogP contribution >= 0.6 is 0 Å². The van der Waals surface area contributed by atoms with E-state index < -0.39 is 5.60 Å². The molecule has 0 unspecified atom stereocenters. The minimum absolute atomic E-state index is 0.178. The fraction of sp³-hybridized carbons (Fsp3) is 0.364. The van der Waals surface area contributed by atoms with Gasteiger partial charge in [-0.25, -0.2) is 14.4 Å². The van der Waals surface area contributed by atoms with Crippen LogP contribution in [0, 0.1) is 5.82 Å². The van der Waals surface area contributed by atoms with Gasteiger partial charge in [0.1, 0.15) is 28.7 Å². The number of halogens is 1. The predicted molar refractivity (Wildman–Crippen MR) is 160 cm³/mol. The zero-order valence-corrected chi connectivity index (χ0v) is 23.8. The smallest absolute Gasteiger partial charge is 0.150 e. The first kappa shape index (κ1) is 27.7. The van der Waals surface area contributed by atoms with E-state index in [9.17, 15) is 9.50 Å². The lowest BCUT2D eigenvalue weighted by atomic mass is 9.69. The summed E-state index contributed by atoms with van der Waals surface area (Å²) >= 11 is 0. The highest BCUT2D eigenvalue weighted by Gasteiger charge is 2.44. The highest BCUT2D eigenvalue weighted by molar-refractivity contribution is 5.85. The number of nitrogens with zero attached hydrogens (tertiary/aromatic N) is 4. The Kier molecular flexibility index (Phi) is 7.86. The number of aryl methyl sites for hydroxylation is 1. The van der Waals surface area contributed by atoms with Crippen molar-refractivity contribution in [1.29, 1.82) is 0 Å². The molecule has 0 saturated heterocycles. The van der Waals surface area contributed by atoms with E-state index in [1.165, 1.54) is 5.57 Å². The van der Waals surface area contributed by atoms with Gasteiger partial charge in [-0.05, 0) is 88.1 Å². The number of nitrogens with two attached hydrogens (primary N) is 1. The molecular weight excluding hydrogens is 501 g/mol. The third kappa shape index (κ3) is 5.99. The van der Waals surface area contributed by atoms with Crippen LogP contribution in [-0.4, -0.2) is 30.8 Å². The monoisotopic (exact) mass is 539 g/mol. The summed E-state index contributed by atoms with van der Waals surface area (Å²) in [6.07, 6.45) is 9.85. The summed E-state index contributed by atoms with van der Waals surface area (Å²) in [5.74, 6) is 1.31. The van der Waals surface area contributed by atoms with Crippen LogP contribution in [0.4, 0.5) is 10.2 Å². The standard InChI is InChI=1S/C33H38FN5O/c1-5-33(40)18-27(19-33)32-38-29(30-31(35)36-12-13-39(30)32)26-10-8-23(9-11-26)14-25-15-24(16-28(34)17-25)7-6-22(4)20-37-21(2)3/h8-13,15-17,20,27,40H,5-7,14,18-19H2,1-4H3,(H2,35,36)/b22-20+. The van der Waals surface area contributed by atoms with E-state index in [1.54, 1.807) is 18.3 Å². The Hall–Kier alpha value is -3.84. The molecule has 0 atom stereocenters. The van der Waals surface area contributed by atoms with Gasteiger partial charge in [0, 0.05) is 35.8 Å². The number of anilines is 1. The van der Waals surface area contributed by atoms with Gasteiger partial charge >= 0.3 is 0 Å². The zero-order chi connectivity index (χ0) is 28.4. The van der Waals surface area contributed by atoms with Crippen LogP contribution < -0.4 is 5.73 Å². The number of benzene rings is 2. The molecule has 0 aliphatic heterocycles. The Balaban J connectivity index is 1.35. The quantitative estimate of drug-likeness (QED) is 0.223. The fourth-order valence-electron chi connectivity index (χ4n) is 5.53. The van der Waals surface area contributed by atoms with Crippen molar-refractivity contribution in [3.8, 4) is 11.3 Å². The Morgan fingerprint density at radius 2 is 1.85 bits per heavy atom. The molecule has 1 fully saturated rings. The van der Waals surface area contributed by atoms with Crippen LogP contribution in [0.1, 0.15) is 81.8 Å². The highest BCUT2D eigenvalue weighted by Crippen LogP contribution is 2.47. The second-order valence-electron chi connectivity index (χ2n) is 11.4. The molecule has 1 aliphatic carbocycles. The van der Waals surface area contributed by atoms with Crippen molar-refractivity contribution in [3.05, 3.63) is 95.0 Å². The van der Waals surface area contributed by atoms with Crippen molar-refractivity contribution >= 4 is 17.0 Å². The Morgan fingerprint density at radius 1 is 1.12 bits per heavy atom. The maximum absolute atomic E-state index is 14.5. The third-order valence-electron chi connectivity index (χ3n) is 7.89.